The summed E-state index contributed by atoms with van der Waals surface area (Å²) in [5.41, 5.74) is 3.55. The number of nitrogens with one attached hydrogen (secondary N) is 1. The van der Waals surface area contributed by atoms with E-state index in [4.69, 9.17) is 4.74 Å². The summed E-state index contributed by atoms with van der Waals surface area (Å²) < 4.78 is 30.2. The van der Waals surface area contributed by atoms with Gasteiger partial charge in [0.05, 0.1) is 0 Å². The Bertz CT molecular complexity index is 647. The zero-order chi connectivity index (χ0) is 17.6. The minimum absolute atomic E-state index is 0.0577. The molecule has 0 radical (unpaired) electrons. The zero-order valence-electron chi connectivity index (χ0n) is 15.2. The Morgan fingerprint density at radius 3 is 2.68 bits per heavy atom. The van der Waals surface area contributed by atoms with Gasteiger partial charge in [0.2, 0.25) is 0 Å². The second-order valence-corrected chi connectivity index (χ2v) is 8.39. The lowest BCUT2D eigenvalue weighted by Crippen LogP contribution is -2.67. The monoisotopic (exact) mass is 350 g/mol. The van der Waals surface area contributed by atoms with Gasteiger partial charge in [-0.15, -0.1) is 0 Å². The van der Waals surface area contributed by atoms with Gasteiger partial charge in [-0.2, -0.15) is 8.78 Å². The summed E-state index contributed by atoms with van der Waals surface area (Å²) in [6, 6.07) is 4.81. The van der Waals surface area contributed by atoms with Crippen molar-refractivity contribution < 1.29 is 13.5 Å². The van der Waals surface area contributed by atoms with Gasteiger partial charge < -0.3 is 15.0 Å². The van der Waals surface area contributed by atoms with Gasteiger partial charge in [-0.05, 0) is 69.2 Å². The molecule has 1 aromatic rings. The van der Waals surface area contributed by atoms with Crippen LogP contribution in [0, 0.1) is 0 Å². The number of piperazine rings is 1. The van der Waals surface area contributed by atoms with Crippen LogP contribution in [-0.2, 0) is 12.8 Å². The van der Waals surface area contributed by atoms with Gasteiger partial charge in [-0.3, -0.25) is 0 Å². The lowest BCUT2D eigenvalue weighted by atomic mass is 9.82. The number of hydrogen-bond donors (Lipinski definition) is 1. The maximum Gasteiger partial charge on any atom is 0.387 e. The molecule has 4 rings (SSSR count). The van der Waals surface area contributed by atoms with Crippen molar-refractivity contribution in [3.63, 3.8) is 0 Å². The average Bonchev–Trinajstić information content (AvgIpc) is 3.03. The summed E-state index contributed by atoms with van der Waals surface area (Å²) in [5.74, 6) is 0.376. The van der Waals surface area contributed by atoms with E-state index in [1.54, 1.807) is 6.07 Å². The zero-order valence-corrected chi connectivity index (χ0v) is 15.2. The van der Waals surface area contributed by atoms with E-state index in [0.29, 0.717) is 17.8 Å². The molecule has 0 bridgehead atoms. The number of rotatable bonds is 3. The first kappa shape index (κ1) is 17.1. The highest BCUT2D eigenvalue weighted by Crippen LogP contribution is 2.42. The molecule has 2 fully saturated rings. The maximum absolute atomic E-state index is 12.7. The molecular weight excluding hydrogens is 322 g/mol. The minimum atomic E-state index is -2.75. The fourth-order valence-electron chi connectivity index (χ4n) is 5.14. The van der Waals surface area contributed by atoms with Gasteiger partial charge in [-0.1, -0.05) is 12.8 Å². The SMILES string of the molecule is CC1(C)CN(c2ccc(OC(F)F)c3c2CCC3)[C@@H]2CCCC[C@H]2N1. The quantitative estimate of drug-likeness (QED) is 0.881. The number of anilines is 1. The van der Waals surface area contributed by atoms with E-state index in [1.807, 2.05) is 6.07 Å². The minimum Gasteiger partial charge on any atom is -0.435 e. The van der Waals surface area contributed by atoms with Crippen LogP contribution >= 0.6 is 0 Å². The predicted molar refractivity (Wildman–Crippen MR) is 95.7 cm³/mol. The Morgan fingerprint density at radius 2 is 1.88 bits per heavy atom. The first-order valence-electron chi connectivity index (χ1n) is 9.58. The van der Waals surface area contributed by atoms with Crippen molar-refractivity contribution in [3.8, 4) is 5.75 Å². The largest absolute Gasteiger partial charge is 0.435 e. The Balaban J connectivity index is 1.71. The molecular formula is C20H28F2N2O. The molecule has 1 N–H and O–H groups in total. The summed E-state index contributed by atoms with van der Waals surface area (Å²) in [7, 11) is 0. The lowest BCUT2D eigenvalue weighted by Gasteiger charge is -2.52. The fraction of sp³-hybridized carbons (Fsp3) is 0.700. The highest BCUT2D eigenvalue weighted by molar-refractivity contribution is 5.64. The van der Waals surface area contributed by atoms with Crippen LogP contribution in [0.3, 0.4) is 0 Å². The molecule has 138 valence electrons. The number of ether oxygens (including phenoxy) is 1. The Labute approximate surface area is 148 Å². The summed E-state index contributed by atoms with van der Waals surface area (Å²) in [5, 5.41) is 3.83. The molecule has 25 heavy (non-hydrogen) atoms. The Morgan fingerprint density at radius 1 is 1.12 bits per heavy atom. The van der Waals surface area contributed by atoms with E-state index in [0.717, 1.165) is 31.4 Å². The first-order valence-corrected chi connectivity index (χ1v) is 9.58. The van der Waals surface area contributed by atoms with E-state index in [-0.39, 0.29) is 5.54 Å². The van der Waals surface area contributed by atoms with Gasteiger partial charge >= 0.3 is 6.61 Å². The fourth-order valence-corrected chi connectivity index (χ4v) is 5.14. The topological polar surface area (TPSA) is 24.5 Å². The second kappa shape index (κ2) is 6.42. The van der Waals surface area contributed by atoms with Crippen molar-refractivity contribution in [2.75, 3.05) is 11.4 Å². The van der Waals surface area contributed by atoms with Crippen molar-refractivity contribution in [1.29, 1.82) is 0 Å². The third kappa shape index (κ3) is 3.23. The van der Waals surface area contributed by atoms with Gasteiger partial charge in [0.15, 0.2) is 0 Å². The lowest BCUT2D eigenvalue weighted by molar-refractivity contribution is -0.0503. The first-order chi connectivity index (χ1) is 11.9. The summed E-state index contributed by atoms with van der Waals surface area (Å²) in [4.78, 5) is 2.57. The van der Waals surface area contributed by atoms with E-state index in [1.165, 1.54) is 36.9 Å². The number of fused-ring (bicyclic) bond motifs is 2. The molecule has 5 heteroatoms. The summed E-state index contributed by atoms with van der Waals surface area (Å²) in [6.45, 7) is 2.73. The third-order valence-electron chi connectivity index (χ3n) is 6.01. The van der Waals surface area contributed by atoms with Crippen molar-refractivity contribution in [3.05, 3.63) is 23.3 Å². The molecule has 3 nitrogen and oxygen atoms in total. The average molecular weight is 350 g/mol. The number of benzene rings is 1. The van der Waals surface area contributed by atoms with Crippen LogP contribution in [0.5, 0.6) is 5.75 Å². The Hall–Kier alpha value is -1.36. The van der Waals surface area contributed by atoms with E-state index >= 15 is 0 Å². The molecule has 2 atom stereocenters. The van der Waals surface area contributed by atoms with Crippen LogP contribution in [0.15, 0.2) is 12.1 Å². The molecule has 0 amide bonds. The molecule has 0 spiro atoms. The van der Waals surface area contributed by atoms with Crippen LogP contribution in [0.25, 0.3) is 0 Å². The third-order valence-corrected chi connectivity index (χ3v) is 6.01. The van der Waals surface area contributed by atoms with Crippen molar-refractivity contribution >= 4 is 5.69 Å². The van der Waals surface area contributed by atoms with E-state index in [9.17, 15) is 8.78 Å². The smallest absolute Gasteiger partial charge is 0.387 e. The van der Waals surface area contributed by atoms with Gasteiger partial charge in [0.25, 0.3) is 0 Å². The number of hydrogen-bond acceptors (Lipinski definition) is 3. The highest BCUT2D eigenvalue weighted by atomic mass is 19.3. The summed E-state index contributed by atoms with van der Waals surface area (Å²) >= 11 is 0. The van der Waals surface area contributed by atoms with Crippen LogP contribution in [0.2, 0.25) is 0 Å². The van der Waals surface area contributed by atoms with Crippen molar-refractivity contribution in [1.82, 2.24) is 5.32 Å². The molecule has 1 aliphatic heterocycles. The van der Waals surface area contributed by atoms with E-state index in [2.05, 4.69) is 24.1 Å². The van der Waals surface area contributed by atoms with Crippen LogP contribution in [0.4, 0.5) is 14.5 Å². The standard InChI is InChI=1S/C20H28F2N2O/c1-20(2)12-24(17-9-4-3-8-15(17)23-20)16-10-11-18(25-19(21)22)14-7-5-6-13(14)16/h10-11,15,17,19,23H,3-9,12H2,1-2H3/t15-,17-/m1/s1. The molecule has 1 saturated carbocycles. The van der Waals surface area contributed by atoms with Crippen LogP contribution in [-0.4, -0.2) is 30.8 Å². The van der Waals surface area contributed by atoms with Crippen LogP contribution < -0.4 is 15.0 Å². The Kier molecular flexibility index (Phi) is 4.38. The van der Waals surface area contributed by atoms with Gasteiger partial charge in [0, 0.05) is 29.9 Å². The van der Waals surface area contributed by atoms with Gasteiger partial charge in [-0.25, -0.2) is 0 Å². The molecule has 1 aromatic carbocycles. The molecule has 3 aliphatic rings. The highest BCUT2D eigenvalue weighted by Gasteiger charge is 2.41. The number of nitrogens with zero attached hydrogens (tertiary/aromatic N) is 1. The van der Waals surface area contributed by atoms with E-state index < -0.39 is 6.61 Å². The van der Waals surface area contributed by atoms with Crippen molar-refractivity contribution in [2.45, 2.75) is 83.0 Å². The summed E-state index contributed by atoms with van der Waals surface area (Å²) in [6.07, 6.45) is 7.82. The normalized spacial score (nSPS) is 28.0. The molecule has 0 aromatic heterocycles. The van der Waals surface area contributed by atoms with Crippen LogP contribution in [0.1, 0.15) is 57.1 Å². The molecule has 2 aliphatic carbocycles. The second-order valence-electron chi connectivity index (χ2n) is 8.39. The predicted octanol–water partition coefficient (Wildman–Crippen LogP) is 4.28. The molecule has 1 heterocycles. The number of halogens is 2. The van der Waals surface area contributed by atoms with Gasteiger partial charge in [0.1, 0.15) is 5.75 Å². The molecule has 1 saturated heterocycles. The molecule has 0 unspecified atom stereocenters. The number of alkyl halides is 2. The van der Waals surface area contributed by atoms with Crippen molar-refractivity contribution in [2.24, 2.45) is 0 Å². The maximum atomic E-state index is 12.7.